The van der Waals surface area contributed by atoms with Crippen molar-refractivity contribution < 1.29 is 38.5 Å². The van der Waals surface area contributed by atoms with Crippen LogP contribution >= 0.6 is 11.8 Å². The van der Waals surface area contributed by atoms with Crippen LogP contribution in [0.15, 0.2) is 0 Å². The minimum atomic E-state index is -1.25. The van der Waals surface area contributed by atoms with Gasteiger partial charge in [0.15, 0.2) is 6.04 Å². The highest BCUT2D eigenvalue weighted by atomic mass is 32.2. The van der Waals surface area contributed by atoms with E-state index in [9.17, 15) is 24.3 Å². The largest absolute Gasteiger partial charge is 0.467 e. The third-order valence-electron chi connectivity index (χ3n) is 2.81. The smallest absolute Gasteiger partial charge is 0.408 e. The number of thioether (sulfide) groups is 1. The molecule has 0 saturated carbocycles. The fraction of sp³-hybridized carbons (Fsp3) is 0.750. The minimum Gasteiger partial charge on any atom is -0.467 e. The molecule has 0 aromatic rings. The molecule has 0 bridgehead atoms. The third-order valence-corrected chi connectivity index (χ3v) is 3.83. The van der Waals surface area contributed by atoms with Crippen molar-refractivity contribution in [1.29, 1.82) is 0 Å². The van der Waals surface area contributed by atoms with E-state index in [1.54, 1.807) is 20.8 Å². The molecule has 0 aromatic heterocycles. The summed E-state index contributed by atoms with van der Waals surface area (Å²) in [5.74, 6) is -1.39. The van der Waals surface area contributed by atoms with Crippen molar-refractivity contribution in [3.8, 4) is 0 Å². The Morgan fingerprint density at radius 3 is 2.22 bits per heavy atom. The van der Waals surface area contributed by atoms with Crippen LogP contribution in [0.1, 0.15) is 27.7 Å². The van der Waals surface area contributed by atoms with Crippen LogP contribution < -0.4 is 10.6 Å². The number of alkyl carbamates (subject to hydrolysis) is 1. The number of rotatable bonds is 10. The van der Waals surface area contributed by atoms with Crippen molar-refractivity contribution >= 4 is 35.7 Å². The number of methoxy groups -OCH3 is 1. The van der Waals surface area contributed by atoms with Gasteiger partial charge in [0.2, 0.25) is 5.91 Å². The highest BCUT2D eigenvalue weighted by molar-refractivity contribution is 7.99. The topological polar surface area (TPSA) is 140 Å². The fourth-order valence-corrected chi connectivity index (χ4v) is 2.51. The summed E-state index contributed by atoms with van der Waals surface area (Å²) in [4.78, 5) is 46.6. The summed E-state index contributed by atoms with van der Waals surface area (Å²) in [6.45, 7) is 5.81. The Morgan fingerprint density at radius 1 is 1.11 bits per heavy atom. The number of hydrogen-bond acceptors (Lipinski definition) is 9. The second-order valence-corrected chi connectivity index (χ2v) is 7.53. The highest BCUT2D eigenvalue weighted by Crippen LogP contribution is 2.09. The maximum atomic E-state index is 12.4. The second kappa shape index (κ2) is 12.4. The molecule has 0 rings (SSSR count). The Morgan fingerprint density at radius 2 is 1.74 bits per heavy atom. The molecule has 2 amide bonds. The summed E-state index contributed by atoms with van der Waals surface area (Å²) in [5.41, 5.74) is -0.757. The predicted molar refractivity (Wildman–Crippen MR) is 98.1 cm³/mol. The predicted octanol–water partition coefficient (Wildman–Crippen LogP) is -0.174. The van der Waals surface area contributed by atoms with Crippen LogP contribution in [-0.4, -0.2) is 78.6 Å². The molecule has 0 radical (unpaired) electrons. The van der Waals surface area contributed by atoms with E-state index in [2.05, 4.69) is 15.4 Å². The second-order valence-electron chi connectivity index (χ2n) is 6.38. The van der Waals surface area contributed by atoms with Gasteiger partial charge in [0.05, 0.1) is 13.7 Å². The lowest BCUT2D eigenvalue weighted by atomic mass is 10.2. The summed E-state index contributed by atoms with van der Waals surface area (Å²) in [6.07, 6.45) is -0.804. The normalized spacial score (nSPS) is 13.1. The molecule has 27 heavy (non-hydrogen) atoms. The molecule has 156 valence electrons. The van der Waals surface area contributed by atoms with Crippen molar-refractivity contribution in [1.82, 2.24) is 10.6 Å². The van der Waals surface area contributed by atoms with Crippen LogP contribution in [0.5, 0.6) is 0 Å². The van der Waals surface area contributed by atoms with Gasteiger partial charge in [-0.05, 0) is 20.8 Å². The maximum Gasteiger partial charge on any atom is 0.408 e. The van der Waals surface area contributed by atoms with Crippen molar-refractivity contribution in [3.05, 3.63) is 0 Å². The maximum absolute atomic E-state index is 12.4. The molecule has 3 N–H and O–H groups in total. The van der Waals surface area contributed by atoms with Gasteiger partial charge in [-0.2, -0.15) is 11.8 Å². The molecule has 2 atom stereocenters. The lowest BCUT2D eigenvalue weighted by molar-refractivity contribution is -0.146. The summed E-state index contributed by atoms with van der Waals surface area (Å²) < 4.78 is 14.4. The lowest BCUT2D eigenvalue weighted by Crippen LogP contribution is -2.54. The van der Waals surface area contributed by atoms with Gasteiger partial charge in [0.25, 0.3) is 0 Å². The molecule has 0 aromatic carbocycles. The molecule has 0 saturated heterocycles. The molecule has 0 aliphatic rings. The third kappa shape index (κ3) is 12.1. The number of hydrogen-bond donors (Lipinski definition) is 3. The monoisotopic (exact) mass is 408 g/mol. The Hall–Kier alpha value is -2.01. The number of aliphatic hydroxyl groups is 1. The molecule has 0 unspecified atom stereocenters. The molecular formula is C16H28N2O8S. The number of amides is 2. The van der Waals surface area contributed by atoms with Crippen molar-refractivity contribution in [2.75, 3.05) is 31.8 Å². The van der Waals surface area contributed by atoms with Gasteiger partial charge in [-0.3, -0.25) is 9.59 Å². The number of carbonyl (C=O) groups excluding carboxylic acids is 4. The summed E-state index contributed by atoms with van der Waals surface area (Å²) in [7, 11) is 1.12. The summed E-state index contributed by atoms with van der Waals surface area (Å²) in [6, 6.07) is -2.29. The Kier molecular flexibility index (Phi) is 11.5. The first-order chi connectivity index (χ1) is 12.5. The number of carbonyl (C=O) groups is 4. The first-order valence-corrected chi connectivity index (χ1v) is 9.35. The van der Waals surface area contributed by atoms with Crippen LogP contribution in [0.25, 0.3) is 0 Å². The SMILES string of the molecule is COC(=O)[C@H](CO)NC(=O)[C@H](CSCCOC(C)=O)NC(=O)OC(C)(C)C. The molecule has 0 aliphatic carbocycles. The van der Waals surface area contributed by atoms with Gasteiger partial charge in [0.1, 0.15) is 18.2 Å². The van der Waals surface area contributed by atoms with E-state index in [-0.39, 0.29) is 12.4 Å². The number of ether oxygens (including phenoxy) is 3. The van der Waals surface area contributed by atoms with Crippen LogP contribution in [0.3, 0.4) is 0 Å². The van der Waals surface area contributed by atoms with Gasteiger partial charge in [-0.1, -0.05) is 0 Å². The van der Waals surface area contributed by atoms with Crippen molar-refractivity contribution in [3.63, 3.8) is 0 Å². The number of esters is 2. The van der Waals surface area contributed by atoms with E-state index >= 15 is 0 Å². The van der Waals surface area contributed by atoms with Crippen LogP contribution in [0.2, 0.25) is 0 Å². The fourth-order valence-electron chi connectivity index (χ4n) is 1.67. The number of nitrogens with one attached hydrogen (secondary N) is 2. The van der Waals surface area contributed by atoms with Crippen molar-refractivity contribution in [2.45, 2.75) is 45.4 Å². The number of aliphatic hydroxyl groups excluding tert-OH is 1. The first kappa shape index (κ1) is 25.0. The molecule has 0 fully saturated rings. The summed E-state index contributed by atoms with van der Waals surface area (Å²) in [5, 5.41) is 13.9. The van der Waals surface area contributed by atoms with Gasteiger partial charge in [0, 0.05) is 18.4 Å². The molecule has 0 heterocycles. The summed E-state index contributed by atoms with van der Waals surface area (Å²) >= 11 is 1.25. The molecular weight excluding hydrogens is 380 g/mol. The molecule has 10 nitrogen and oxygen atoms in total. The average molecular weight is 408 g/mol. The van der Waals surface area contributed by atoms with Crippen LogP contribution in [-0.2, 0) is 28.6 Å². The Bertz CT molecular complexity index is 521. The van der Waals surface area contributed by atoms with E-state index in [4.69, 9.17) is 9.47 Å². The molecule has 0 aliphatic heterocycles. The standard InChI is InChI=1S/C16H28N2O8S/c1-10(20)25-6-7-27-9-12(18-15(23)26-16(2,3)4)13(21)17-11(8-19)14(22)24-5/h11-12,19H,6-9H2,1-5H3,(H,17,21)(H,18,23)/t11-,12-/m0/s1. The quantitative estimate of drug-likeness (QED) is 0.255. The highest BCUT2D eigenvalue weighted by Gasteiger charge is 2.28. The first-order valence-electron chi connectivity index (χ1n) is 8.19. The van der Waals surface area contributed by atoms with Gasteiger partial charge >= 0.3 is 18.0 Å². The zero-order chi connectivity index (χ0) is 21.0. The molecule has 0 spiro atoms. The zero-order valence-corrected chi connectivity index (χ0v) is 17.0. The van der Waals surface area contributed by atoms with E-state index in [1.165, 1.54) is 18.7 Å². The van der Waals surface area contributed by atoms with E-state index in [0.717, 1.165) is 7.11 Å². The van der Waals surface area contributed by atoms with Gasteiger partial charge in [-0.15, -0.1) is 0 Å². The Labute approximate surface area is 162 Å². The van der Waals surface area contributed by atoms with Gasteiger partial charge in [-0.25, -0.2) is 9.59 Å². The van der Waals surface area contributed by atoms with Crippen LogP contribution in [0.4, 0.5) is 4.79 Å². The van der Waals surface area contributed by atoms with E-state index in [1.807, 2.05) is 0 Å². The van der Waals surface area contributed by atoms with Crippen molar-refractivity contribution in [2.24, 2.45) is 0 Å². The lowest BCUT2D eigenvalue weighted by Gasteiger charge is -2.24. The van der Waals surface area contributed by atoms with Gasteiger partial charge < -0.3 is 30.0 Å². The zero-order valence-electron chi connectivity index (χ0n) is 16.2. The Balaban J connectivity index is 4.87. The average Bonchev–Trinajstić information content (AvgIpc) is 2.55. The van der Waals surface area contributed by atoms with Crippen LogP contribution in [0, 0.1) is 0 Å². The molecule has 11 heteroatoms. The minimum absolute atomic E-state index is 0.131. The van der Waals surface area contributed by atoms with E-state index in [0.29, 0.717) is 5.75 Å². The van der Waals surface area contributed by atoms with E-state index < -0.39 is 48.2 Å².